The van der Waals surface area contributed by atoms with Gasteiger partial charge in [0.15, 0.2) is 5.78 Å². The summed E-state index contributed by atoms with van der Waals surface area (Å²) in [6.07, 6.45) is 1.65. The number of hydrogen-bond acceptors (Lipinski definition) is 5. The number of anilines is 2. The van der Waals surface area contributed by atoms with Gasteiger partial charge in [-0.05, 0) is 25.1 Å². The Bertz CT molecular complexity index is 568. The number of nitrogens with one attached hydrogen (secondary N) is 1. The number of benzene rings is 1. The minimum absolute atomic E-state index is 0.0234. The summed E-state index contributed by atoms with van der Waals surface area (Å²) in [5.41, 5.74) is 7.70. The van der Waals surface area contributed by atoms with Crippen LogP contribution in [0.4, 0.5) is 11.6 Å². The van der Waals surface area contributed by atoms with Crippen LogP contribution in [-0.4, -0.2) is 15.8 Å². The van der Waals surface area contributed by atoms with Gasteiger partial charge in [0.25, 0.3) is 0 Å². The van der Waals surface area contributed by atoms with E-state index < -0.39 is 0 Å². The lowest BCUT2D eigenvalue weighted by Crippen LogP contribution is -2.04. The van der Waals surface area contributed by atoms with Crippen molar-refractivity contribution in [2.45, 2.75) is 13.5 Å². The Labute approximate surface area is 105 Å². The topological polar surface area (TPSA) is 80.9 Å². The molecule has 0 aliphatic carbocycles. The highest BCUT2D eigenvalue weighted by Crippen LogP contribution is 2.15. The first-order valence-electron chi connectivity index (χ1n) is 5.59. The van der Waals surface area contributed by atoms with Gasteiger partial charge in [-0.25, -0.2) is 9.97 Å². The molecule has 0 amide bonds. The highest BCUT2D eigenvalue weighted by Gasteiger charge is 2.02. The largest absolute Gasteiger partial charge is 0.325 e. The molecule has 0 radical (unpaired) electrons. The number of nitrogens with two attached hydrogens (primary N) is 1. The highest BCUT2D eigenvalue weighted by atomic mass is 16.1. The molecular formula is C13H14N4O. The normalized spacial score (nSPS) is 10.1. The number of nitrogens with zero attached hydrogens (tertiary/aromatic N) is 2. The molecule has 1 aromatic heterocycles. The molecule has 0 saturated heterocycles. The van der Waals surface area contributed by atoms with Crippen LogP contribution in [0, 0.1) is 0 Å². The maximum atomic E-state index is 11.3. The molecule has 1 aromatic carbocycles. The molecule has 5 heteroatoms. The van der Waals surface area contributed by atoms with Gasteiger partial charge in [0.05, 0.1) is 5.69 Å². The predicted octanol–water partition coefficient (Wildman–Crippen LogP) is 1.88. The molecule has 0 saturated carbocycles. The van der Waals surface area contributed by atoms with Gasteiger partial charge in [-0.15, -0.1) is 0 Å². The number of rotatable bonds is 4. The summed E-state index contributed by atoms with van der Waals surface area (Å²) in [4.78, 5) is 19.6. The lowest BCUT2D eigenvalue weighted by molar-refractivity contribution is 0.101. The molecule has 0 unspecified atom stereocenters. The summed E-state index contributed by atoms with van der Waals surface area (Å²) in [7, 11) is 0. The Morgan fingerprint density at radius 2 is 2.22 bits per heavy atom. The fourth-order valence-electron chi connectivity index (χ4n) is 1.52. The number of carbonyl (C=O) groups is 1. The van der Waals surface area contributed by atoms with E-state index in [-0.39, 0.29) is 5.78 Å². The van der Waals surface area contributed by atoms with Crippen molar-refractivity contribution in [1.82, 2.24) is 9.97 Å². The average Bonchev–Trinajstić information content (AvgIpc) is 2.39. The molecule has 3 N–H and O–H groups in total. The number of carbonyl (C=O) groups excluding carboxylic acids is 1. The van der Waals surface area contributed by atoms with Gasteiger partial charge < -0.3 is 11.1 Å². The summed E-state index contributed by atoms with van der Waals surface area (Å²) in [6, 6.07) is 8.96. The van der Waals surface area contributed by atoms with Crippen molar-refractivity contribution in [3.05, 3.63) is 47.8 Å². The highest BCUT2D eigenvalue weighted by molar-refractivity contribution is 5.95. The lowest BCUT2D eigenvalue weighted by Gasteiger charge is -2.06. The predicted molar refractivity (Wildman–Crippen MR) is 69.7 cm³/mol. The van der Waals surface area contributed by atoms with Crippen LogP contribution >= 0.6 is 0 Å². The molecule has 18 heavy (non-hydrogen) atoms. The minimum atomic E-state index is 0.0234. The number of hydrogen-bond donors (Lipinski definition) is 2. The molecule has 2 aromatic rings. The summed E-state index contributed by atoms with van der Waals surface area (Å²) < 4.78 is 0. The zero-order valence-electron chi connectivity index (χ0n) is 10.1. The molecule has 92 valence electrons. The fraction of sp³-hybridized carbons (Fsp3) is 0.154. The summed E-state index contributed by atoms with van der Waals surface area (Å²) >= 11 is 0. The zero-order chi connectivity index (χ0) is 13.0. The second-order valence-corrected chi connectivity index (χ2v) is 3.84. The van der Waals surface area contributed by atoms with E-state index in [0.29, 0.717) is 18.1 Å². The average molecular weight is 242 g/mol. The van der Waals surface area contributed by atoms with Crippen LogP contribution in [0.2, 0.25) is 0 Å². The molecule has 0 aliphatic heterocycles. The van der Waals surface area contributed by atoms with Crippen molar-refractivity contribution in [2.75, 3.05) is 5.32 Å². The van der Waals surface area contributed by atoms with Crippen molar-refractivity contribution in [2.24, 2.45) is 5.73 Å². The van der Waals surface area contributed by atoms with Crippen molar-refractivity contribution in [3.8, 4) is 0 Å². The van der Waals surface area contributed by atoms with Crippen LogP contribution in [0.25, 0.3) is 0 Å². The van der Waals surface area contributed by atoms with Crippen LogP contribution in [-0.2, 0) is 6.54 Å². The van der Waals surface area contributed by atoms with Gasteiger partial charge in [-0.2, -0.15) is 0 Å². The fourth-order valence-corrected chi connectivity index (χ4v) is 1.52. The SMILES string of the molecule is CC(=O)c1cccc(Nc2nccc(CN)n2)c1. The first kappa shape index (κ1) is 12.2. The molecule has 1 heterocycles. The maximum Gasteiger partial charge on any atom is 0.227 e. The van der Waals surface area contributed by atoms with E-state index in [2.05, 4.69) is 15.3 Å². The molecule has 0 spiro atoms. The first-order valence-corrected chi connectivity index (χ1v) is 5.59. The van der Waals surface area contributed by atoms with Gasteiger partial charge in [0, 0.05) is 24.0 Å². The van der Waals surface area contributed by atoms with Gasteiger partial charge in [-0.3, -0.25) is 4.79 Å². The van der Waals surface area contributed by atoms with Gasteiger partial charge in [-0.1, -0.05) is 12.1 Å². The lowest BCUT2D eigenvalue weighted by atomic mass is 10.1. The van der Waals surface area contributed by atoms with Gasteiger partial charge >= 0.3 is 0 Å². The van der Waals surface area contributed by atoms with Crippen molar-refractivity contribution in [1.29, 1.82) is 0 Å². The third-order valence-corrected chi connectivity index (χ3v) is 2.45. The van der Waals surface area contributed by atoms with Crippen LogP contribution in [0.1, 0.15) is 23.0 Å². The van der Waals surface area contributed by atoms with Crippen molar-refractivity contribution < 1.29 is 4.79 Å². The standard InChI is InChI=1S/C13H14N4O/c1-9(18)10-3-2-4-11(7-10)16-13-15-6-5-12(8-14)17-13/h2-7H,8,14H2,1H3,(H,15,16,17). The first-order chi connectivity index (χ1) is 8.69. The third kappa shape index (κ3) is 2.89. The molecule has 5 nitrogen and oxygen atoms in total. The second-order valence-electron chi connectivity index (χ2n) is 3.84. The summed E-state index contributed by atoms with van der Waals surface area (Å²) in [6.45, 7) is 1.90. The van der Waals surface area contributed by atoms with Crippen LogP contribution in [0.5, 0.6) is 0 Å². The van der Waals surface area contributed by atoms with Gasteiger partial charge in [0.1, 0.15) is 0 Å². The van der Waals surface area contributed by atoms with E-state index in [4.69, 9.17) is 5.73 Å². The van der Waals surface area contributed by atoms with Gasteiger partial charge in [0.2, 0.25) is 5.95 Å². The van der Waals surface area contributed by atoms with Crippen molar-refractivity contribution in [3.63, 3.8) is 0 Å². The molecule has 2 rings (SSSR count). The molecule has 0 aliphatic rings. The zero-order valence-corrected chi connectivity index (χ0v) is 10.1. The van der Waals surface area contributed by atoms with E-state index in [9.17, 15) is 4.79 Å². The van der Waals surface area contributed by atoms with Crippen LogP contribution in [0.3, 0.4) is 0 Å². The quantitative estimate of drug-likeness (QED) is 0.800. The number of Topliss-reactive ketones (excluding diaryl/α,β-unsaturated/α-hetero) is 1. The molecule has 0 fully saturated rings. The molecular weight excluding hydrogens is 228 g/mol. The smallest absolute Gasteiger partial charge is 0.227 e. The van der Waals surface area contributed by atoms with Crippen molar-refractivity contribution >= 4 is 17.4 Å². The summed E-state index contributed by atoms with van der Waals surface area (Å²) in [5, 5.41) is 3.04. The Balaban J connectivity index is 2.22. The van der Waals surface area contributed by atoms with E-state index in [0.717, 1.165) is 11.4 Å². The summed E-state index contributed by atoms with van der Waals surface area (Å²) in [5.74, 6) is 0.494. The van der Waals surface area contributed by atoms with Crippen LogP contribution < -0.4 is 11.1 Å². The Morgan fingerprint density at radius 3 is 2.94 bits per heavy atom. The van der Waals surface area contributed by atoms with E-state index >= 15 is 0 Å². The number of ketones is 1. The van der Waals surface area contributed by atoms with E-state index in [1.54, 1.807) is 24.4 Å². The minimum Gasteiger partial charge on any atom is -0.325 e. The second kappa shape index (κ2) is 5.37. The Morgan fingerprint density at radius 1 is 1.39 bits per heavy atom. The Hall–Kier alpha value is -2.27. The maximum absolute atomic E-state index is 11.3. The number of aromatic nitrogens is 2. The molecule has 0 atom stereocenters. The Kier molecular flexibility index (Phi) is 3.64. The van der Waals surface area contributed by atoms with E-state index in [1.807, 2.05) is 12.1 Å². The third-order valence-electron chi connectivity index (χ3n) is 2.45. The monoisotopic (exact) mass is 242 g/mol. The molecule has 0 bridgehead atoms. The van der Waals surface area contributed by atoms with Crippen LogP contribution in [0.15, 0.2) is 36.5 Å². The van der Waals surface area contributed by atoms with E-state index in [1.165, 1.54) is 6.92 Å².